The van der Waals surface area contributed by atoms with Crippen LogP contribution in [-0.2, 0) is 9.59 Å². The van der Waals surface area contributed by atoms with Crippen LogP contribution in [0.1, 0.15) is 37.6 Å². The van der Waals surface area contributed by atoms with E-state index in [0.717, 1.165) is 0 Å². The highest BCUT2D eigenvalue weighted by Crippen LogP contribution is 2.24. The van der Waals surface area contributed by atoms with E-state index in [9.17, 15) is 14.4 Å². The number of ether oxygens (including phenoxy) is 1. The van der Waals surface area contributed by atoms with Gasteiger partial charge in [-0.1, -0.05) is 26.0 Å². The molecule has 0 radical (unpaired) electrons. The van der Waals surface area contributed by atoms with Crippen LogP contribution in [0.15, 0.2) is 24.3 Å². The summed E-state index contributed by atoms with van der Waals surface area (Å²) in [6, 6.07) is 6.72. The predicted octanol–water partition coefficient (Wildman–Crippen LogP) is 1.63. The highest BCUT2D eigenvalue weighted by Gasteiger charge is 2.41. The number of amides is 3. The minimum atomic E-state index is -0.472. The van der Waals surface area contributed by atoms with Gasteiger partial charge in [-0.3, -0.25) is 14.4 Å². The fourth-order valence-electron chi connectivity index (χ4n) is 3.92. The zero-order valence-corrected chi connectivity index (χ0v) is 16.9. The predicted molar refractivity (Wildman–Crippen MR) is 105 cm³/mol. The molecule has 1 aromatic rings. The Morgan fingerprint density at radius 1 is 1.18 bits per heavy atom. The summed E-state index contributed by atoms with van der Waals surface area (Å²) in [6.07, 6.45) is 0.460. The topological polar surface area (TPSA) is 70.2 Å². The molecule has 3 rings (SSSR count). The van der Waals surface area contributed by atoms with E-state index in [4.69, 9.17) is 4.74 Å². The first kappa shape index (κ1) is 20.2. The number of para-hydroxylation sites is 1. The van der Waals surface area contributed by atoms with Crippen LogP contribution in [-0.4, -0.2) is 77.8 Å². The monoisotopic (exact) mass is 387 g/mol. The maximum Gasteiger partial charge on any atom is 0.257 e. The molecule has 0 bridgehead atoms. The number of fused-ring (bicyclic) bond motifs is 1. The van der Waals surface area contributed by atoms with Crippen molar-refractivity contribution < 1.29 is 19.1 Å². The first-order valence-corrected chi connectivity index (χ1v) is 10.0. The quantitative estimate of drug-likeness (QED) is 0.770. The van der Waals surface area contributed by atoms with Crippen molar-refractivity contribution in [2.45, 2.75) is 33.2 Å². The highest BCUT2D eigenvalue weighted by molar-refractivity contribution is 5.98. The zero-order chi connectivity index (χ0) is 20.3. The summed E-state index contributed by atoms with van der Waals surface area (Å²) in [5, 5.41) is 0. The summed E-state index contributed by atoms with van der Waals surface area (Å²) in [4.78, 5) is 43.6. The molecule has 28 heavy (non-hydrogen) atoms. The van der Waals surface area contributed by atoms with Crippen molar-refractivity contribution in [3.8, 4) is 5.75 Å². The summed E-state index contributed by atoms with van der Waals surface area (Å²) in [5.41, 5.74) is 0.517. The van der Waals surface area contributed by atoms with Crippen LogP contribution < -0.4 is 4.74 Å². The number of hydrogen-bond donors (Lipinski definition) is 0. The lowest BCUT2D eigenvalue weighted by Gasteiger charge is -2.39. The number of carbonyl (C=O) groups excluding carboxylic acids is 3. The van der Waals surface area contributed by atoms with Gasteiger partial charge in [-0.2, -0.15) is 0 Å². The van der Waals surface area contributed by atoms with Crippen LogP contribution >= 0.6 is 0 Å². The van der Waals surface area contributed by atoms with E-state index in [0.29, 0.717) is 56.4 Å². The number of piperazine rings is 1. The first-order chi connectivity index (χ1) is 13.4. The molecule has 0 N–H and O–H groups in total. The number of rotatable bonds is 5. The van der Waals surface area contributed by atoms with Crippen molar-refractivity contribution in [2.75, 3.05) is 39.3 Å². The van der Waals surface area contributed by atoms with Crippen LogP contribution in [0.2, 0.25) is 0 Å². The van der Waals surface area contributed by atoms with Gasteiger partial charge in [0.2, 0.25) is 11.8 Å². The SMILES string of the molecule is CCOc1ccccc1C(=O)N1CCC2C(=O)N(CC(C)C)CC(=O)N2CC1. The Morgan fingerprint density at radius 3 is 2.64 bits per heavy atom. The van der Waals surface area contributed by atoms with Gasteiger partial charge in [-0.25, -0.2) is 0 Å². The molecule has 0 saturated carbocycles. The third-order valence-electron chi connectivity index (χ3n) is 5.19. The fourth-order valence-corrected chi connectivity index (χ4v) is 3.92. The molecule has 2 aliphatic heterocycles. The summed E-state index contributed by atoms with van der Waals surface area (Å²) in [7, 11) is 0. The summed E-state index contributed by atoms with van der Waals surface area (Å²) < 4.78 is 5.59. The third-order valence-corrected chi connectivity index (χ3v) is 5.19. The van der Waals surface area contributed by atoms with Crippen molar-refractivity contribution in [2.24, 2.45) is 5.92 Å². The molecule has 2 saturated heterocycles. The summed E-state index contributed by atoms with van der Waals surface area (Å²) in [5.74, 6) is 0.712. The van der Waals surface area contributed by atoms with Crippen molar-refractivity contribution in [1.82, 2.24) is 14.7 Å². The second-order valence-corrected chi connectivity index (χ2v) is 7.73. The van der Waals surface area contributed by atoms with Gasteiger partial charge < -0.3 is 19.4 Å². The maximum atomic E-state index is 13.1. The lowest BCUT2D eigenvalue weighted by molar-refractivity contribution is -0.156. The molecule has 1 atom stereocenters. The van der Waals surface area contributed by atoms with Gasteiger partial charge >= 0.3 is 0 Å². The third kappa shape index (κ3) is 4.13. The molecule has 3 amide bonds. The minimum Gasteiger partial charge on any atom is -0.493 e. The van der Waals surface area contributed by atoms with Crippen LogP contribution in [0.5, 0.6) is 5.75 Å². The maximum absolute atomic E-state index is 13.1. The fraction of sp³-hybridized carbons (Fsp3) is 0.571. The number of nitrogens with zero attached hydrogens (tertiary/aromatic N) is 3. The zero-order valence-electron chi connectivity index (χ0n) is 16.9. The number of carbonyl (C=O) groups is 3. The van der Waals surface area contributed by atoms with Gasteiger partial charge in [0.05, 0.1) is 18.7 Å². The van der Waals surface area contributed by atoms with E-state index >= 15 is 0 Å². The van der Waals surface area contributed by atoms with E-state index in [2.05, 4.69) is 0 Å². The van der Waals surface area contributed by atoms with Crippen LogP contribution in [0.3, 0.4) is 0 Å². The minimum absolute atomic E-state index is 0.00249. The lowest BCUT2D eigenvalue weighted by Crippen LogP contribution is -2.60. The van der Waals surface area contributed by atoms with Crippen molar-refractivity contribution in [3.05, 3.63) is 29.8 Å². The highest BCUT2D eigenvalue weighted by atomic mass is 16.5. The van der Waals surface area contributed by atoms with Gasteiger partial charge in [0, 0.05) is 26.2 Å². The summed E-state index contributed by atoms with van der Waals surface area (Å²) >= 11 is 0. The Hall–Kier alpha value is -2.57. The molecule has 2 fully saturated rings. The number of benzene rings is 1. The Kier molecular flexibility index (Phi) is 6.21. The Labute approximate surface area is 166 Å². The van der Waals surface area contributed by atoms with E-state index in [1.807, 2.05) is 32.9 Å². The standard InChI is InChI=1S/C21H29N3O4/c1-4-28-18-8-6-5-7-16(18)20(26)22-10-9-17-21(27)23(13-15(2)3)14-19(25)24(17)12-11-22/h5-8,15,17H,4,9-14H2,1-3H3. The Bertz CT molecular complexity index is 749. The molecule has 2 heterocycles. The Morgan fingerprint density at radius 2 is 1.93 bits per heavy atom. The molecule has 7 heteroatoms. The molecule has 0 spiro atoms. The molecule has 1 aromatic carbocycles. The number of hydrogen-bond acceptors (Lipinski definition) is 4. The molecule has 0 aliphatic carbocycles. The van der Waals surface area contributed by atoms with Gasteiger partial charge in [0.15, 0.2) is 0 Å². The van der Waals surface area contributed by atoms with Crippen LogP contribution in [0, 0.1) is 5.92 Å². The summed E-state index contributed by atoms with van der Waals surface area (Å²) in [6.45, 7) is 8.39. The van der Waals surface area contributed by atoms with E-state index in [-0.39, 0.29) is 24.3 Å². The van der Waals surface area contributed by atoms with Gasteiger partial charge in [-0.05, 0) is 31.4 Å². The van der Waals surface area contributed by atoms with Crippen molar-refractivity contribution >= 4 is 17.7 Å². The van der Waals surface area contributed by atoms with E-state index in [1.165, 1.54) is 0 Å². The molecule has 2 aliphatic rings. The molecule has 7 nitrogen and oxygen atoms in total. The molecule has 0 aromatic heterocycles. The second kappa shape index (κ2) is 8.63. The van der Waals surface area contributed by atoms with Gasteiger partial charge in [-0.15, -0.1) is 0 Å². The largest absolute Gasteiger partial charge is 0.493 e. The van der Waals surface area contributed by atoms with Crippen LogP contribution in [0.4, 0.5) is 0 Å². The van der Waals surface area contributed by atoms with Crippen molar-refractivity contribution in [3.63, 3.8) is 0 Å². The second-order valence-electron chi connectivity index (χ2n) is 7.73. The van der Waals surface area contributed by atoms with Crippen molar-refractivity contribution in [1.29, 1.82) is 0 Å². The molecular formula is C21H29N3O4. The van der Waals surface area contributed by atoms with Crippen LogP contribution in [0.25, 0.3) is 0 Å². The van der Waals surface area contributed by atoms with Gasteiger partial charge in [0.25, 0.3) is 5.91 Å². The van der Waals surface area contributed by atoms with Gasteiger partial charge in [0.1, 0.15) is 11.8 Å². The van der Waals surface area contributed by atoms with E-state index in [1.54, 1.807) is 26.8 Å². The lowest BCUT2D eigenvalue weighted by atomic mass is 10.1. The Balaban J connectivity index is 1.75. The average molecular weight is 387 g/mol. The normalized spacial score (nSPS) is 20.3. The first-order valence-electron chi connectivity index (χ1n) is 10.0. The molecule has 152 valence electrons. The smallest absolute Gasteiger partial charge is 0.257 e. The average Bonchev–Trinajstić information content (AvgIpc) is 2.89. The molecule has 1 unspecified atom stereocenters. The molecular weight excluding hydrogens is 358 g/mol. The van der Waals surface area contributed by atoms with E-state index < -0.39 is 6.04 Å².